The number of aromatic nitrogens is 1. The zero-order chi connectivity index (χ0) is 20.6. The van der Waals surface area contributed by atoms with Gasteiger partial charge in [-0.3, -0.25) is 4.79 Å². The largest absolute Gasteiger partial charge is 0.450 e. The number of rotatable bonds is 5. The summed E-state index contributed by atoms with van der Waals surface area (Å²) in [6.07, 6.45) is 2.97. The molecule has 150 valence electrons. The lowest BCUT2D eigenvalue weighted by Crippen LogP contribution is -2.42. The molecule has 0 atom stereocenters. The summed E-state index contributed by atoms with van der Waals surface area (Å²) in [5, 5.41) is 15.2. The highest BCUT2D eigenvalue weighted by Gasteiger charge is 2.23. The molecule has 8 heteroatoms. The zero-order valence-electron chi connectivity index (χ0n) is 16.2. The molecular formula is C21H23N5O3. The molecule has 1 fully saturated rings. The number of carbonyl (C=O) groups is 2. The Bertz CT molecular complexity index is 899. The van der Waals surface area contributed by atoms with Gasteiger partial charge in [0.05, 0.1) is 29.7 Å². The van der Waals surface area contributed by atoms with Crippen molar-refractivity contribution in [3.05, 3.63) is 53.9 Å². The van der Waals surface area contributed by atoms with Gasteiger partial charge in [-0.05, 0) is 44.0 Å². The number of anilines is 2. The van der Waals surface area contributed by atoms with Crippen LogP contribution in [0.2, 0.25) is 0 Å². The van der Waals surface area contributed by atoms with E-state index in [1.807, 2.05) is 6.07 Å². The molecule has 1 aromatic carbocycles. The molecule has 0 saturated carbocycles. The van der Waals surface area contributed by atoms with Crippen LogP contribution < -0.4 is 10.6 Å². The van der Waals surface area contributed by atoms with Crippen LogP contribution >= 0.6 is 0 Å². The first-order chi connectivity index (χ1) is 14.1. The first-order valence-electron chi connectivity index (χ1n) is 9.55. The lowest BCUT2D eigenvalue weighted by Gasteiger charge is -2.32. The van der Waals surface area contributed by atoms with Crippen LogP contribution in [0.5, 0.6) is 0 Å². The molecular weight excluding hydrogens is 370 g/mol. The molecule has 2 amide bonds. The number of nitrogens with one attached hydrogen (secondary N) is 2. The minimum Gasteiger partial charge on any atom is -0.450 e. The molecule has 1 aromatic heterocycles. The Balaban J connectivity index is 1.53. The number of hydrogen-bond donors (Lipinski definition) is 2. The summed E-state index contributed by atoms with van der Waals surface area (Å²) >= 11 is 0. The lowest BCUT2D eigenvalue weighted by atomic mass is 10.1. The SMILES string of the molecule is CCOC(=O)N1CCC(Nc2ccc(C(=O)Nc3ccccc3C#N)nc2)CC1. The molecule has 1 aliphatic heterocycles. The highest BCUT2D eigenvalue weighted by Crippen LogP contribution is 2.18. The second kappa shape index (κ2) is 9.55. The Morgan fingerprint density at radius 3 is 2.66 bits per heavy atom. The summed E-state index contributed by atoms with van der Waals surface area (Å²) in [6.45, 7) is 3.46. The summed E-state index contributed by atoms with van der Waals surface area (Å²) in [5.41, 5.74) is 1.93. The van der Waals surface area contributed by atoms with Crippen LogP contribution in [0.3, 0.4) is 0 Å². The van der Waals surface area contributed by atoms with Gasteiger partial charge in [-0.1, -0.05) is 12.1 Å². The van der Waals surface area contributed by atoms with Gasteiger partial charge in [-0.2, -0.15) is 5.26 Å². The Kier molecular flexibility index (Phi) is 6.63. The highest BCUT2D eigenvalue weighted by molar-refractivity contribution is 6.03. The predicted molar refractivity (Wildman–Crippen MR) is 109 cm³/mol. The number of amides is 2. The summed E-state index contributed by atoms with van der Waals surface area (Å²) in [5.74, 6) is -0.373. The number of para-hydroxylation sites is 1. The molecule has 0 aliphatic carbocycles. The molecule has 0 spiro atoms. The van der Waals surface area contributed by atoms with Crippen LogP contribution in [-0.2, 0) is 4.74 Å². The minimum atomic E-state index is -0.373. The zero-order valence-corrected chi connectivity index (χ0v) is 16.2. The maximum absolute atomic E-state index is 12.4. The fraction of sp³-hybridized carbons (Fsp3) is 0.333. The molecule has 2 N–H and O–H groups in total. The maximum Gasteiger partial charge on any atom is 0.409 e. The smallest absolute Gasteiger partial charge is 0.409 e. The third-order valence-electron chi connectivity index (χ3n) is 4.68. The number of ether oxygens (including phenoxy) is 1. The quantitative estimate of drug-likeness (QED) is 0.807. The molecule has 2 heterocycles. The molecule has 1 saturated heterocycles. The second-order valence-corrected chi connectivity index (χ2v) is 6.65. The molecule has 1 aliphatic rings. The Morgan fingerprint density at radius 1 is 1.24 bits per heavy atom. The standard InChI is InChI=1S/C21H23N5O3/c1-2-29-21(28)26-11-9-16(10-12-26)24-17-7-8-19(23-14-17)20(27)25-18-6-4-3-5-15(18)13-22/h3-8,14,16,24H,2,9-12H2,1H3,(H,25,27). The first kappa shape index (κ1) is 20.1. The van der Waals surface area contributed by atoms with Crippen molar-refractivity contribution in [2.75, 3.05) is 30.3 Å². The summed E-state index contributed by atoms with van der Waals surface area (Å²) < 4.78 is 5.03. The molecule has 29 heavy (non-hydrogen) atoms. The van der Waals surface area contributed by atoms with Gasteiger partial charge in [0.25, 0.3) is 5.91 Å². The normalized spacial score (nSPS) is 14.0. The van der Waals surface area contributed by atoms with Gasteiger partial charge in [0.15, 0.2) is 0 Å². The van der Waals surface area contributed by atoms with E-state index in [1.165, 1.54) is 0 Å². The van der Waals surface area contributed by atoms with Gasteiger partial charge in [-0.25, -0.2) is 9.78 Å². The van der Waals surface area contributed by atoms with Crippen molar-refractivity contribution in [3.63, 3.8) is 0 Å². The van der Waals surface area contributed by atoms with E-state index in [9.17, 15) is 9.59 Å². The Hall–Kier alpha value is -3.60. The predicted octanol–water partition coefficient (Wildman–Crippen LogP) is 3.24. The van der Waals surface area contributed by atoms with Crippen molar-refractivity contribution in [1.82, 2.24) is 9.88 Å². The number of pyridine rings is 1. The average Bonchev–Trinajstić information content (AvgIpc) is 2.75. The van der Waals surface area contributed by atoms with Crippen molar-refractivity contribution in [2.24, 2.45) is 0 Å². The fourth-order valence-corrected chi connectivity index (χ4v) is 3.15. The monoisotopic (exact) mass is 393 g/mol. The highest BCUT2D eigenvalue weighted by atomic mass is 16.6. The van der Waals surface area contributed by atoms with E-state index >= 15 is 0 Å². The van der Waals surface area contributed by atoms with Gasteiger partial charge < -0.3 is 20.3 Å². The van der Waals surface area contributed by atoms with Crippen LogP contribution in [-0.4, -0.2) is 47.6 Å². The summed E-state index contributed by atoms with van der Waals surface area (Å²) in [6, 6.07) is 12.5. The van der Waals surface area contributed by atoms with E-state index in [0.717, 1.165) is 18.5 Å². The van der Waals surface area contributed by atoms with Crippen molar-refractivity contribution >= 4 is 23.4 Å². The first-order valence-corrected chi connectivity index (χ1v) is 9.55. The van der Waals surface area contributed by atoms with Crippen LogP contribution in [0, 0.1) is 11.3 Å². The number of piperidine rings is 1. The number of hydrogen-bond acceptors (Lipinski definition) is 6. The van der Waals surface area contributed by atoms with Crippen molar-refractivity contribution in [1.29, 1.82) is 5.26 Å². The van der Waals surface area contributed by atoms with Crippen molar-refractivity contribution in [2.45, 2.75) is 25.8 Å². The molecule has 0 unspecified atom stereocenters. The minimum absolute atomic E-state index is 0.227. The van der Waals surface area contributed by atoms with Gasteiger partial charge in [0.1, 0.15) is 11.8 Å². The number of likely N-dealkylation sites (tertiary alicyclic amines) is 1. The second-order valence-electron chi connectivity index (χ2n) is 6.65. The van der Waals surface area contributed by atoms with Crippen LogP contribution in [0.15, 0.2) is 42.6 Å². The Morgan fingerprint density at radius 2 is 2.00 bits per heavy atom. The van der Waals surface area contributed by atoms with Gasteiger partial charge in [0.2, 0.25) is 0 Å². The Labute approximate surface area is 169 Å². The summed E-state index contributed by atoms with van der Waals surface area (Å²) in [7, 11) is 0. The van der Waals surface area contributed by atoms with Gasteiger partial charge in [-0.15, -0.1) is 0 Å². The number of nitrogens with zero attached hydrogens (tertiary/aromatic N) is 3. The van der Waals surface area contributed by atoms with Crippen molar-refractivity contribution in [3.8, 4) is 6.07 Å². The van der Waals surface area contributed by atoms with Crippen LogP contribution in [0.1, 0.15) is 35.8 Å². The third-order valence-corrected chi connectivity index (χ3v) is 4.68. The fourth-order valence-electron chi connectivity index (χ4n) is 3.15. The van der Waals surface area contributed by atoms with Crippen LogP contribution in [0.4, 0.5) is 16.2 Å². The van der Waals surface area contributed by atoms with Crippen LogP contribution in [0.25, 0.3) is 0 Å². The third kappa shape index (κ3) is 5.23. The molecule has 8 nitrogen and oxygen atoms in total. The molecule has 0 bridgehead atoms. The van der Waals surface area contributed by atoms with E-state index in [2.05, 4.69) is 15.6 Å². The number of nitriles is 1. The number of carbonyl (C=O) groups excluding carboxylic acids is 2. The molecule has 3 rings (SSSR count). The van der Waals surface area contributed by atoms with Gasteiger partial charge in [0, 0.05) is 19.1 Å². The topological polar surface area (TPSA) is 107 Å². The van der Waals surface area contributed by atoms with E-state index in [1.54, 1.807) is 54.4 Å². The van der Waals surface area contributed by atoms with Crippen molar-refractivity contribution < 1.29 is 14.3 Å². The summed E-state index contributed by atoms with van der Waals surface area (Å²) in [4.78, 5) is 30.1. The average molecular weight is 393 g/mol. The van der Waals surface area contributed by atoms with E-state index in [-0.39, 0.29) is 23.7 Å². The number of benzene rings is 1. The molecule has 0 radical (unpaired) electrons. The maximum atomic E-state index is 12.4. The molecule has 2 aromatic rings. The lowest BCUT2D eigenvalue weighted by molar-refractivity contribution is 0.0982. The van der Waals surface area contributed by atoms with Gasteiger partial charge >= 0.3 is 6.09 Å². The van der Waals surface area contributed by atoms with E-state index in [0.29, 0.717) is 30.9 Å². The van der Waals surface area contributed by atoms with E-state index < -0.39 is 0 Å². The van der Waals surface area contributed by atoms with E-state index in [4.69, 9.17) is 10.00 Å².